The second kappa shape index (κ2) is 7.70. The fourth-order valence-corrected chi connectivity index (χ4v) is 1.65. The number of nitrogens with one attached hydrogen (secondary N) is 3. The summed E-state index contributed by atoms with van der Waals surface area (Å²) in [6, 6.07) is -0.198. The van der Waals surface area contributed by atoms with Crippen LogP contribution >= 0.6 is 12.4 Å². The van der Waals surface area contributed by atoms with Crippen LogP contribution in [0.4, 0.5) is 4.79 Å². The molecule has 0 aromatic rings. The van der Waals surface area contributed by atoms with Crippen LogP contribution in [0.2, 0.25) is 0 Å². The molecule has 1 atom stereocenters. The number of hydrogen-bond acceptors (Lipinski definition) is 3. The van der Waals surface area contributed by atoms with E-state index in [0.717, 1.165) is 25.8 Å². The molecule has 1 heterocycles. The maximum Gasteiger partial charge on any atom is 0.314 e. The van der Waals surface area contributed by atoms with E-state index >= 15 is 0 Å². The molecule has 0 radical (unpaired) electrons. The summed E-state index contributed by atoms with van der Waals surface area (Å²) in [5, 5.41) is 18.6. The molecule has 0 bridgehead atoms. The number of rotatable bonds is 4. The van der Waals surface area contributed by atoms with Crippen LogP contribution in [0.1, 0.15) is 26.2 Å². The van der Waals surface area contributed by atoms with Crippen molar-refractivity contribution in [3.05, 3.63) is 0 Å². The molecule has 0 spiro atoms. The molecule has 2 amide bonds. The average molecular weight is 252 g/mol. The Bertz CT molecular complexity index is 208. The smallest absolute Gasteiger partial charge is 0.314 e. The number of carbonyl (C=O) groups is 1. The minimum absolute atomic E-state index is 0. The second-order valence-corrected chi connectivity index (χ2v) is 4.11. The van der Waals surface area contributed by atoms with Crippen molar-refractivity contribution >= 4 is 18.4 Å². The first-order chi connectivity index (χ1) is 7.16. The standard InChI is InChI=1S/C10H21N3O2.ClH/c1-2-5-12-9(14)13-8-10(15)4-3-6-11-7-10;/h11,15H,2-8H2,1H3,(H2,12,13,14);1H. The molecule has 1 aliphatic heterocycles. The minimum atomic E-state index is -0.776. The maximum absolute atomic E-state index is 11.2. The van der Waals surface area contributed by atoms with E-state index in [4.69, 9.17) is 0 Å². The Balaban J connectivity index is 0.00000225. The molecule has 5 nitrogen and oxygen atoms in total. The van der Waals surface area contributed by atoms with E-state index < -0.39 is 5.60 Å². The lowest BCUT2D eigenvalue weighted by atomic mass is 9.94. The number of urea groups is 1. The van der Waals surface area contributed by atoms with Gasteiger partial charge in [-0.15, -0.1) is 12.4 Å². The van der Waals surface area contributed by atoms with Gasteiger partial charge < -0.3 is 21.1 Å². The summed E-state index contributed by atoms with van der Waals surface area (Å²) in [6.45, 7) is 4.49. The predicted octanol–water partition coefficient (Wildman–Crippen LogP) is 0.232. The monoisotopic (exact) mass is 251 g/mol. The van der Waals surface area contributed by atoms with Crippen LogP contribution in [-0.4, -0.2) is 42.9 Å². The van der Waals surface area contributed by atoms with Crippen molar-refractivity contribution < 1.29 is 9.90 Å². The Kier molecular flexibility index (Phi) is 7.45. The van der Waals surface area contributed by atoms with Gasteiger partial charge in [-0.2, -0.15) is 0 Å². The fourth-order valence-electron chi connectivity index (χ4n) is 1.65. The summed E-state index contributed by atoms with van der Waals surface area (Å²) in [7, 11) is 0. The molecule has 1 aliphatic rings. The van der Waals surface area contributed by atoms with Crippen LogP contribution in [0.3, 0.4) is 0 Å². The first-order valence-corrected chi connectivity index (χ1v) is 5.61. The molecule has 96 valence electrons. The van der Waals surface area contributed by atoms with E-state index in [1.807, 2.05) is 6.92 Å². The number of halogens is 1. The van der Waals surface area contributed by atoms with Crippen molar-refractivity contribution in [1.29, 1.82) is 0 Å². The molecule has 0 aliphatic carbocycles. The van der Waals surface area contributed by atoms with Gasteiger partial charge in [0, 0.05) is 19.6 Å². The maximum atomic E-state index is 11.2. The Morgan fingerprint density at radius 2 is 2.25 bits per heavy atom. The van der Waals surface area contributed by atoms with E-state index in [1.165, 1.54) is 0 Å². The van der Waals surface area contributed by atoms with E-state index in [9.17, 15) is 9.90 Å². The molecule has 0 aromatic heterocycles. The highest BCUT2D eigenvalue weighted by atomic mass is 35.5. The fraction of sp³-hybridized carbons (Fsp3) is 0.900. The summed E-state index contributed by atoms with van der Waals surface area (Å²) >= 11 is 0. The van der Waals surface area contributed by atoms with Crippen LogP contribution in [-0.2, 0) is 0 Å². The quantitative estimate of drug-likeness (QED) is 0.578. The molecular formula is C10H22ClN3O2. The van der Waals surface area contributed by atoms with Gasteiger partial charge in [0.1, 0.15) is 0 Å². The number of amides is 2. The summed E-state index contributed by atoms with van der Waals surface area (Å²) < 4.78 is 0. The highest BCUT2D eigenvalue weighted by Crippen LogP contribution is 2.14. The summed E-state index contributed by atoms with van der Waals surface area (Å²) in [5.41, 5.74) is -0.776. The van der Waals surface area contributed by atoms with E-state index in [1.54, 1.807) is 0 Å². The van der Waals surface area contributed by atoms with Gasteiger partial charge in [-0.1, -0.05) is 6.92 Å². The molecule has 1 rings (SSSR count). The molecule has 1 saturated heterocycles. The number of hydrogen-bond donors (Lipinski definition) is 4. The highest BCUT2D eigenvalue weighted by molar-refractivity contribution is 5.85. The lowest BCUT2D eigenvalue weighted by molar-refractivity contribution is 0.0194. The lowest BCUT2D eigenvalue weighted by Gasteiger charge is -2.32. The van der Waals surface area contributed by atoms with Gasteiger partial charge in [-0.05, 0) is 25.8 Å². The number of piperidine rings is 1. The van der Waals surface area contributed by atoms with Crippen molar-refractivity contribution in [2.75, 3.05) is 26.2 Å². The van der Waals surface area contributed by atoms with Crippen LogP contribution in [0, 0.1) is 0 Å². The Morgan fingerprint density at radius 3 is 2.81 bits per heavy atom. The number of aliphatic hydroxyl groups is 1. The van der Waals surface area contributed by atoms with Gasteiger partial charge in [-0.3, -0.25) is 0 Å². The first-order valence-electron chi connectivity index (χ1n) is 5.61. The largest absolute Gasteiger partial charge is 0.387 e. The Hall–Kier alpha value is -0.520. The molecule has 1 fully saturated rings. The van der Waals surface area contributed by atoms with Crippen LogP contribution in [0.15, 0.2) is 0 Å². The molecule has 1 unspecified atom stereocenters. The molecule has 16 heavy (non-hydrogen) atoms. The molecule has 0 saturated carbocycles. The zero-order chi connectivity index (χ0) is 11.1. The van der Waals surface area contributed by atoms with Gasteiger partial charge in [0.15, 0.2) is 0 Å². The molecular weight excluding hydrogens is 230 g/mol. The van der Waals surface area contributed by atoms with E-state index in [2.05, 4.69) is 16.0 Å². The first kappa shape index (κ1) is 15.5. The molecule has 0 aromatic carbocycles. The van der Waals surface area contributed by atoms with Crippen LogP contribution in [0.5, 0.6) is 0 Å². The van der Waals surface area contributed by atoms with Crippen molar-refractivity contribution in [3.63, 3.8) is 0 Å². The second-order valence-electron chi connectivity index (χ2n) is 4.11. The summed E-state index contributed by atoms with van der Waals surface area (Å²) in [5.74, 6) is 0. The normalized spacial score (nSPS) is 24.4. The zero-order valence-corrected chi connectivity index (χ0v) is 10.5. The van der Waals surface area contributed by atoms with E-state index in [0.29, 0.717) is 19.6 Å². The number of β-amino-alcohol motifs (C(OH)–C–C–N with tert-alkyl or cyclic N) is 1. The summed E-state index contributed by atoms with van der Waals surface area (Å²) in [6.07, 6.45) is 2.61. The van der Waals surface area contributed by atoms with Gasteiger partial charge >= 0.3 is 6.03 Å². The van der Waals surface area contributed by atoms with Crippen molar-refractivity contribution in [3.8, 4) is 0 Å². The minimum Gasteiger partial charge on any atom is -0.387 e. The van der Waals surface area contributed by atoms with Gasteiger partial charge in [-0.25, -0.2) is 4.79 Å². The third kappa shape index (κ3) is 5.53. The van der Waals surface area contributed by atoms with Crippen LogP contribution < -0.4 is 16.0 Å². The van der Waals surface area contributed by atoms with Crippen molar-refractivity contribution in [2.24, 2.45) is 0 Å². The third-order valence-corrected chi connectivity index (χ3v) is 2.56. The summed E-state index contributed by atoms with van der Waals surface area (Å²) in [4.78, 5) is 11.2. The average Bonchev–Trinajstić information content (AvgIpc) is 2.25. The van der Waals surface area contributed by atoms with Gasteiger partial charge in [0.05, 0.1) is 5.60 Å². The third-order valence-electron chi connectivity index (χ3n) is 2.56. The predicted molar refractivity (Wildman–Crippen MR) is 66.0 cm³/mol. The SMILES string of the molecule is CCCNC(=O)NCC1(O)CCCNC1.Cl. The zero-order valence-electron chi connectivity index (χ0n) is 9.71. The van der Waals surface area contributed by atoms with Crippen LogP contribution in [0.25, 0.3) is 0 Å². The highest BCUT2D eigenvalue weighted by Gasteiger charge is 2.29. The Morgan fingerprint density at radius 1 is 1.50 bits per heavy atom. The van der Waals surface area contributed by atoms with E-state index in [-0.39, 0.29) is 18.4 Å². The van der Waals surface area contributed by atoms with Gasteiger partial charge in [0.2, 0.25) is 0 Å². The lowest BCUT2D eigenvalue weighted by Crippen LogP contribution is -2.54. The van der Waals surface area contributed by atoms with Crippen molar-refractivity contribution in [1.82, 2.24) is 16.0 Å². The van der Waals surface area contributed by atoms with Gasteiger partial charge in [0.25, 0.3) is 0 Å². The topological polar surface area (TPSA) is 73.4 Å². The molecule has 4 N–H and O–H groups in total. The molecule has 6 heteroatoms. The van der Waals surface area contributed by atoms with Crippen molar-refractivity contribution in [2.45, 2.75) is 31.8 Å². The number of carbonyl (C=O) groups excluding carboxylic acids is 1. The Labute approximate surface area is 103 Å².